The van der Waals surface area contributed by atoms with Gasteiger partial charge in [-0.15, -0.1) is 0 Å². The number of ether oxygens (including phenoxy) is 1. The molecule has 2 N–H and O–H groups in total. The summed E-state index contributed by atoms with van der Waals surface area (Å²) < 4.78 is 6.49. The first-order valence-electron chi connectivity index (χ1n) is 6.92. The quantitative estimate of drug-likeness (QED) is 0.836. The first-order valence-corrected chi connectivity index (χ1v) is 7.71. The van der Waals surface area contributed by atoms with E-state index >= 15 is 0 Å². The van der Waals surface area contributed by atoms with Crippen LogP contribution in [0, 0.1) is 11.3 Å². The van der Waals surface area contributed by atoms with Gasteiger partial charge in [-0.05, 0) is 47.0 Å². The number of rotatable bonds is 6. The molecule has 20 heavy (non-hydrogen) atoms. The van der Waals surface area contributed by atoms with Crippen LogP contribution >= 0.6 is 15.9 Å². The van der Waals surface area contributed by atoms with Crippen LogP contribution in [0.3, 0.4) is 0 Å². The zero-order valence-electron chi connectivity index (χ0n) is 11.3. The van der Waals surface area contributed by atoms with Crippen LogP contribution in [0.25, 0.3) is 0 Å². The highest BCUT2D eigenvalue weighted by atomic mass is 79.9. The predicted octanol–water partition coefficient (Wildman–Crippen LogP) is 3.05. The Bertz CT molecular complexity index is 481. The van der Waals surface area contributed by atoms with E-state index < -0.39 is 6.10 Å². The van der Waals surface area contributed by atoms with Crippen molar-refractivity contribution < 1.29 is 9.84 Å². The van der Waals surface area contributed by atoms with Crippen molar-refractivity contribution in [2.24, 2.45) is 0 Å². The third-order valence-corrected chi connectivity index (χ3v) is 4.11. The van der Waals surface area contributed by atoms with Crippen LogP contribution in [0.1, 0.15) is 31.2 Å². The first-order chi connectivity index (χ1) is 9.69. The van der Waals surface area contributed by atoms with Crippen molar-refractivity contribution in [1.29, 1.82) is 5.26 Å². The molecule has 1 saturated carbocycles. The van der Waals surface area contributed by atoms with Crippen molar-refractivity contribution >= 4 is 21.6 Å². The minimum absolute atomic E-state index is 0.325. The van der Waals surface area contributed by atoms with E-state index in [1.807, 2.05) is 6.07 Å². The SMILES string of the molecule is N#Cc1ccc(NCC(O)COC2CCCC2)c(Br)c1. The highest BCUT2D eigenvalue weighted by Gasteiger charge is 2.16. The summed E-state index contributed by atoms with van der Waals surface area (Å²) in [6, 6.07) is 7.41. The highest BCUT2D eigenvalue weighted by molar-refractivity contribution is 9.10. The van der Waals surface area contributed by atoms with Crippen LogP contribution in [-0.4, -0.2) is 30.5 Å². The fraction of sp³-hybridized carbons (Fsp3) is 0.533. The molecule has 0 amide bonds. The molecule has 1 aliphatic carbocycles. The van der Waals surface area contributed by atoms with E-state index in [0.717, 1.165) is 23.0 Å². The molecule has 108 valence electrons. The van der Waals surface area contributed by atoms with Gasteiger partial charge in [0.2, 0.25) is 0 Å². The Morgan fingerprint density at radius 1 is 1.45 bits per heavy atom. The van der Waals surface area contributed by atoms with Crippen LogP contribution in [0.5, 0.6) is 0 Å². The maximum atomic E-state index is 9.91. The molecule has 1 aliphatic rings. The number of aliphatic hydroxyl groups excluding tert-OH is 1. The average Bonchev–Trinajstić information content (AvgIpc) is 2.97. The van der Waals surface area contributed by atoms with E-state index in [2.05, 4.69) is 27.3 Å². The Labute approximate surface area is 127 Å². The molecule has 0 heterocycles. The minimum Gasteiger partial charge on any atom is -0.389 e. The molecule has 1 aromatic rings. The molecular formula is C15H19BrN2O2. The number of nitriles is 1. The molecule has 0 radical (unpaired) electrons. The van der Waals surface area contributed by atoms with Crippen LogP contribution in [0.4, 0.5) is 5.69 Å². The number of aliphatic hydroxyl groups is 1. The number of halogens is 1. The molecule has 5 heteroatoms. The van der Waals surface area contributed by atoms with Crippen LogP contribution in [0.2, 0.25) is 0 Å². The maximum absolute atomic E-state index is 9.91. The van der Waals surface area contributed by atoms with Gasteiger partial charge in [0.1, 0.15) is 0 Å². The molecule has 0 aliphatic heterocycles. The van der Waals surface area contributed by atoms with Gasteiger partial charge in [0.05, 0.1) is 30.4 Å². The third kappa shape index (κ3) is 4.48. The third-order valence-electron chi connectivity index (χ3n) is 3.45. The number of nitrogens with one attached hydrogen (secondary N) is 1. The fourth-order valence-electron chi connectivity index (χ4n) is 2.32. The van der Waals surface area contributed by atoms with Gasteiger partial charge in [0.15, 0.2) is 0 Å². The first kappa shape index (κ1) is 15.3. The van der Waals surface area contributed by atoms with Gasteiger partial charge >= 0.3 is 0 Å². The lowest BCUT2D eigenvalue weighted by Gasteiger charge is -2.17. The molecule has 1 unspecified atom stereocenters. The Balaban J connectivity index is 1.75. The van der Waals surface area contributed by atoms with Gasteiger partial charge < -0.3 is 15.2 Å². The van der Waals surface area contributed by atoms with Gasteiger partial charge in [0, 0.05) is 16.7 Å². The van der Waals surface area contributed by atoms with E-state index in [1.54, 1.807) is 12.1 Å². The minimum atomic E-state index is -0.529. The molecule has 4 nitrogen and oxygen atoms in total. The molecule has 0 aromatic heterocycles. The summed E-state index contributed by atoms with van der Waals surface area (Å²) >= 11 is 3.40. The predicted molar refractivity (Wildman–Crippen MR) is 81.6 cm³/mol. The number of benzene rings is 1. The normalized spacial score (nSPS) is 16.9. The van der Waals surface area contributed by atoms with E-state index in [4.69, 9.17) is 10.00 Å². The lowest BCUT2D eigenvalue weighted by Crippen LogP contribution is -2.27. The Kier molecular flexibility index (Phi) is 5.84. The number of hydrogen-bond donors (Lipinski definition) is 2. The van der Waals surface area contributed by atoms with Gasteiger partial charge in [0.25, 0.3) is 0 Å². The number of nitrogens with zero attached hydrogens (tertiary/aromatic N) is 1. The molecule has 1 atom stereocenters. The van der Waals surface area contributed by atoms with Crippen molar-refractivity contribution in [3.05, 3.63) is 28.2 Å². The van der Waals surface area contributed by atoms with Crippen molar-refractivity contribution in [2.45, 2.75) is 37.9 Å². The van der Waals surface area contributed by atoms with Crippen LogP contribution in [0.15, 0.2) is 22.7 Å². The van der Waals surface area contributed by atoms with Gasteiger partial charge in [-0.3, -0.25) is 0 Å². The summed E-state index contributed by atoms with van der Waals surface area (Å²) in [6.45, 7) is 0.794. The number of anilines is 1. The summed E-state index contributed by atoms with van der Waals surface area (Å²) in [4.78, 5) is 0. The van der Waals surface area contributed by atoms with Crippen LogP contribution < -0.4 is 5.32 Å². The largest absolute Gasteiger partial charge is 0.389 e. The average molecular weight is 339 g/mol. The maximum Gasteiger partial charge on any atom is 0.0992 e. The van der Waals surface area contributed by atoms with Crippen molar-refractivity contribution in [3.63, 3.8) is 0 Å². The molecule has 2 rings (SSSR count). The molecule has 1 aromatic carbocycles. The van der Waals surface area contributed by atoms with Crippen molar-refractivity contribution in [2.75, 3.05) is 18.5 Å². The second-order valence-electron chi connectivity index (χ2n) is 5.08. The molecule has 1 fully saturated rings. The fourth-order valence-corrected chi connectivity index (χ4v) is 2.84. The second-order valence-corrected chi connectivity index (χ2v) is 5.94. The summed E-state index contributed by atoms with van der Waals surface area (Å²) in [6.07, 6.45) is 4.49. The second kappa shape index (κ2) is 7.63. The summed E-state index contributed by atoms with van der Waals surface area (Å²) in [5.41, 5.74) is 1.47. The Morgan fingerprint density at radius 3 is 2.85 bits per heavy atom. The molecular weight excluding hydrogens is 320 g/mol. The van der Waals surface area contributed by atoms with E-state index in [-0.39, 0.29) is 0 Å². The molecule has 0 spiro atoms. The van der Waals surface area contributed by atoms with E-state index in [0.29, 0.717) is 24.8 Å². The smallest absolute Gasteiger partial charge is 0.0992 e. The summed E-state index contributed by atoms with van der Waals surface area (Å²) in [5.74, 6) is 0. The zero-order valence-corrected chi connectivity index (χ0v) is 12.9. The van der Waals surface area contributed by atoms with Crippen LogP contribution in [-0.2, 0) is 4.74 Å². The number of hydrogen-bond acceptors (Lipinski definition) is 4. The monoisotopic (exact) mass is 338 g/mol. The zero-order chi connectivity index (χ0) is 14.4. The van der Waals surface area contributed by atoms with Crippen molar-refractivity contribution in [3.8, 4) is 6.07 Å². The highest BCUT2D eigenvalue weighted by Crippen LogP contribution is 2.23. The topological polar surface area (TPSA) is 65.3 Å². The lowest BCUT2D eigenvalue weighted by molar-refractivity contribution is -0.00117. The van der Waals surface area contributed by atoms with Gasteiger partial charge in [-0.2, -0.15) is 5.26 Å². The molecule has 0 bridgehead atoms. The Morgan fingerprint density at radius 2 is 2.20 bits per heavy atom. The standard InChI is InChI=1S/C15H19BrN2O2/c16-14-7-11(8-17)5-6-15(14)18-9-12(19)10-20-13-3-1-2-4-13/h5-7,12-13,18-19H,1-4,9-10H2. The Hall–Kier alpha value is -1.09. The molecule has 0 saturated heterocycles. The van der Waals surface area contributed by atoms with E-state index in [9.17, 15) is 5.11 Å². The van der Waals surface area contributed by atoms with Gasteiger partial charge in [-0.1, -0.05) is 12.8 Å². The van der Waals surface area contributed by atoms with Crippen molar-refractivity contribution in [1.82, 2.24) is 0 Å². The summed E-state index contributed by atoms with van der Waals surface area (Å²) in [7, 11) is 0. The van der Waals surface area contributed by atoms with Gasteiger partial charge in [-0.25, -0.2) is 0 Å². The van der Waals surface area contributed by atoms with E-state index in [1.165, 1.54) is 12.8 Å². The summed E-state index contributed by atoms with van der Waals surface area (Å²) in [5, 5.41) is 21.9. The lowest BCUT2D eigenvalue weighted by atomic mass is 10.2.